The number of pyridine rings is 1. The van der Waals surface area contributed by atoms with Crippen molar-refractivity contribution in [1.29, 1.82) is 0 Å². The fourth-order valence-electron chi connectivity index (χ4n) is 7.38. The molecule has 5 aromatic carbocycles. The van der Waals surface area contributed by atoms with Crippen LogP contribution in [-0.4, -0.2) is 4.57 Å². The maximum absolute atomic E-state index is 2.48. The molecule has 7 aromatic rings. The molecule has 0 atom stereocenters. The van der Waals surface area contributed by atoms with E-state index >= 15 is 0 Å². The van der Waals surface area contributed by atoms with Gasteiger partial charge in [0.1, 0.15) is 0 Å². The minimum absolute atomic E-state index is 0.171. The van der Waals surface area contributed by atoms with Gasteiger partial charge in [-0.1, -0.05) is 105 Å². The van der Waals surface area contributed by atoms with Crippen LogP contribution in [0.4, 0.5) is 0 Å². The van der Waals surface area contributed by atoms with Gasteiger partial charge in [0, 0.05) is 22.9 Å². The Morgan fingerprint density at radius 2 is 1.14 bits per heavy atom. The highest BCUT2D eigenvalue weighted by Gasteiger charge is 2.41. The molecule has 2 nitrogen and oxygen atoms in total. The van der Waals surface area contributed by atoms with Crippen LogP contribution in [0.3, 0.4) is 0 Å². The van der Waals surface area contributed by atoms with E-state index in [4.69, 9.17) is 0 Å². The summed E-state index contributed by atoms with van der Waals surface area (Å²) in [7, 11) is 0. The summed E-state index contributed by atoms with van der Waals surface area (Å²) in [5, 5.41) is 2.55. The third-order valence-electron chi connectivity index (χ3n) is 9.86. The molecular formula is C41H35N2+. The first-order chi connectivity index (χ1) is 21.2. The molecule has 0 saturated heterocycles. The molecule has 0 N–H and O–H groups in total. The maximum atomic E-state index is 2.48. The minimum atomic E-state index is 0.171. The molecular weight excluding hydrogens is 520 g/mol. The highest BCUT2D eigenvalue weighted by atomic mass is 15.0. The van der Waals surface area contributed by atoms with Crippen LogP contribution in [0.15, 0.2) is 140 Å². The van der Waals surface area contributed by atoms with Crippen molar-refractivity contribution in [2.24, 2.45) is 0 Å². The fraction of sp³-hybridized carbons (Fsp3) is 0.146. The molecule has 43 heavy (non-hydrogen) atoms. The Labute approximate surface area is 253 Å². The van der Waals surface area contributed by atoms with Gasteiger partial charge in [-0.15, -0.1) is 0 Å². The maximum Gasteiger partial charge on any atom is 0.214 e. The van der Waals surface area contributed by atoms with Crippen LogP contribution in [-0.2, 0) is 12.0 Å². The molecule has 2 aromatic heterocycles. The summed E-state index contributed by atoms with van der Waals surface area (Å²) in [4.78, 5) is 0. The molecule has 0 fully saturated rings. The quantitative estimate of drug-likeness (QED) is 0.187. The van der Waals surface area contributed by atoms with Gasteiger partial charge in [-0.2, -0.15) is 4.57 Å². The third kappa shape index (κ3) is 4.05. The Kier molecular flexibility index (Phi) is 6.04. The lowest BCUT2D eigenvalue weighted by molar-refractivity contribution is -0.697. The van der Waals surface area contributed by atoms with Crippen molar-refractivity contribution >= 4 is 21.8 Å². The first kappa shape index (κ1) is 25.7. The van der Waals surface area contributed by atoms with Crippen LogP contribution >= 0.6 is 0 Å². The summed E-state index contributed by atoms with van der Waals surface area (Å²) >= 11 is 0. The normalized spacial score (nSPS) is 13.6. The molecule has 0 saturated carbocycles. The third-order valence-corrected chi connectivity index (χ3v) is 9.86. The molecule has 2 heteroatoms. The Bertz CT molecular complexity index is 2020. The summed E-state index contributed by atoms with van der Waals surface area (Å²) in [5.41, 5.74) is 12.9. The second-order valence-electron chi connectivity index (χ2n) is 12.0. The van der Waals surface area contributed by atoms with Gasteiger partial charge in [0.2, 0.25) is 5.69 Å². The van der Waals surface area contributed by atoms with Gasteiger partial charge in [0.25, 0.3) is 0 Å². The SMILES string of the molecule is CCC1(CC)C[n+]2ccc(-n3c4ccc(-c5ccccc5)cc4c4cc(-c5ccccc5)ccc43)cc2-c2ccccc21. The van der Waals surface area contributed by atoms with Gasteiger partial charge >= 0.3 is 0 Å². The van der Waals surface area contributed by atoms with Crippen LogP contribution in [0.1, 0.15) is 32.3 Å². The average molecular weight is 556 g/mol. The van der Waals surface area contributed by atoms with Crippen molar-refractivity contribution in [2.75, 3.05) is 0 Å². The van der Waals surface area contributed by atoms with Crippen LogP contribution < -0.4 is 4.57 Å². The minimum Gasteiger partial charge on any atom is -0.309 e. The Morgan fingerprint density at radius 3 is 1.72 bits per heavy atom. The van der Waals surface area contributed by atoms with E-state index in [1.807, 2.05) is 0 Å². The van der Waals surface area contributed by atoms with E-state index in [1.165, 1.54) is 66.6 Å². The van der Waals surface area contributed by atoms with E-state index in [1.54, 1.807) is 0 Å². The molecule has 0 amide bonds. The molecule has 8 rings (SSSR count). The molecule has 208 valence electrons. The monoisotopic (exact) mass is 555 g/mol. The molecule has 0 radical (unpaired) electrons. The van der Waals surface area contributed by atoms with Gasteiger partial charge in [0.15, 0.2) is 12.7 Å². The first-order valence-corrected chi connectivity index (χ1v) is 15.5. The van der Waals surface area contributed by atoms with E-state index in [-0.39, 0.29) is 5.41 Å². The highest BCUT2D eigenvalue weighted by molar-refractivity contribution is 6.11. The lowest BCUT2D eigenvalue weighted by atomic mass is 9.71. The van der Waals surface area contributed by atoms with Crippen LogP contribution in [0.5, 0.6) is 0 Å². The predicted octanol–water partition coefficient (Wildman–Crippen LogP) is 10.1. The molecule has 0 aliphatic carbocycles. The summed E-state index contributed by atoms with van der Waals surface area (Å²) in [6.45, 7) is 5.69. The lowest BCUT2D eigenvalue weighted by Crippen LogP contribution is -2.50. The molecule has 1 aliphatic heterocycles. The fourth-order valence-corrected chi connectivity index (χ4v) is 7.38. The second kappa shape index (κ2) is 10.1. The zero-order valence-corrected chi connectivity index (χ0v) is 24.8. The average Bonchev–Trinajstić information content (AvgIpc) is 3.41. The first-order valence-electron chi connectivity index (χ1n) is 15.5. The summed E-state index contributed by atoms with van der Waals surface area (Å²) in [5.74, 6) is 0. The zero-order chi connectivity index (χ0) is 29.0. The van der Waals surface area contributed by atoms with Gasteiger partial charge in [-0.05, 0) is 71.0 Å². The summed E-state index contributed by atoms with van der Waals surface area (Å²) in [6, 6.07) is 49.1. The number of hydrogen-bond acceptors (Lipinski definition) is 0. The van der Waals surface area contributed by atoms with E-state index in [9.17, 15) is 0 Å². The Balaban J connectivity index is 1.37. The standard InChI is InChI=1S/C41H35N2/c1-3-41(4-2)28-42-24-23-33(27-40(42)34-17-11-12-18-37(34)41)43-38-21-19-31(29-13-7-5-8-14-29)25-35(38)36-26-32(20-22-39(36)43)30-15-9-6-10-16-30/h5-27H,3-4,28H2,1-2H3/q+1. The zero-order valence-electron chi connectivity index (χ0n) is 24.8. The second-order valence-corrected chi connectivity index (χ2v) is 12.0. The highest BCUT2D eigenvalue weighted by Crippen LogP contribution is 2.42. The lowest BCUT2D eigenvalue weighted by Gasteiger charge is -2.34. The van der Waals surface area contributed by atoms with Crippen molar-refractivity contribution in [3.8, 4) is 39.2 Å². The van der Waals surface area contributed by atoms with E-state index in [0.717, 1.165) is 19.4 Å². The van der Waals surface area contributed by atoms with Crippen molar-refractivity contribution in [1.82, 2.24) is 4.57 Å². The van der Waals surface area contributed by atoms with Crippen LogP contribution in [0.25, 0.3) is 61.0 Å². The van der Waals surface area contributed by atoms with E-state index in [0.29, 0.717) is 0 Å². The van der Waals surface area contributed by atoms with E-state index < -0.39 is 0 Å². The number of benzene rings is 5. The van der Waals surface area contributed by atoms with Crippen molar-refractivity contribution in [3.63, 3.8) is 0 Å². The topological polar surface area (TPSA) is 8.81 Å². The molecule has 3 heterocycles. The van der Waals surface area contributed by atoms with Gasteiger partial charge < -0.3 is 4.57 Å². The largest absolute Gasteiger partial charge is 0.309 e. The van der Waals surface area contributed by atoms with Crippen molar-refractivity contribution in [3.05, 3.63) is 145 Å². The predicted molar refractivity (Wildman–Crippen MR) is 180 cm³/mol. The summed E-state index contributed by atoms with van der Waals surface area (Å²) in [6.07, 6.45) is 4.58. The molecule has 0 spiro atoms. The van der Waals surface area contributed by atoms with Gasteiger partial charge in [-0.3, -0.25) is 0 Å². The Hall–Kier alpha value is -4.95. The van der Waals surface area contributed by atoms with E-state index in [2.05, 4.69) is 163 Å². The number of fused-ring (bicyclic) bond motifs is 6. The smallest absolute Gasteiger partial charge is 0.214 e. The number of rotatable bonds is 5. The summed E-state index contributed by atoms with van der Waals surface area (Å²) < 4.78 is 4.94. The number of hydrogen-bond donors (Lipinski definition) is 0. The molecule has 1 aliphatic rings. The molecule has 0 unspecified atom stereocenters. The van der Waals surface area contributed by atoms with Crippen LogP contribution in [0, 0.1) is 0 Å². The Morgan fingerprint density at radius 1 is 0.581 bits per heavy atom. The van der Waals surface area contributed by atoms with Crippen molar-refractivity contribution in [2.45, 2.75) is 38.6 Å². The van der Waals surface area contributed by atoms with Crippen LogP contribution in [0.2, 0.25) is 0 Å². The van der Waals surface area contributed by atoms with Crippen molar-refractivity contribution < 1.29 is 4.57 Å². The number of nitrogens with zero attached hydrogens (tertiary/aromatic N) is 2. The number of aromatic nitrogens is 2. The van der Waals surface area contributed by atoms with Gasteiger partial charge in [0.05, 0.1) is 27.7 Å². The molecule has 0 bridgehead atoms. The van der Waals surface area contributed by atoms with Gasteiger partial charge in [-0.25, -0.2) is 0 Å².